The van der Waals surface area contributed by atoms with Crippen LogP contribution in [0.25, 0.3) is 0 Å². The minimum atomic E-state index is -0.432. The van der Waals surface area contributed by atoms with Gasteiger partial charge in [0.15, 0.2) is 0 Å². The van der Waals surface area contributed by atoms with E-state index < -0.39 is 6.04 Å². The molecule has 0 saturated carbocycles. The van der Waals surface area contributed by atoms with Gasteiger partial charge in [0.2, 0.25) is 0 Å². The predicted molar refractivity (Wildman–Crippen MR) is 75.4 cm³/mol. The summed E-state index contributed by atoms with van der Waals surface area (Å²) in [5, 5.41) is 2.72. The van der Waals surface area contributed by atoms with Gasteiger partial charge in [-0.2, -0.15) is 0 Å². The molecule has 1 fully saturated rings. The lowest BCUT2D eigenvalue weighted by Gasteiger charge is -2.16. The topological polar surface area (TPSA) is 58.6 Å². The quantitative estimate of drug-likeness (QED) is 0.857. The van der Waals surface area contributed by atoms with Crippen LogP contribution in [-0.2, 0) is 11.3 Å². The summed E-state index contributed by atoms with van der Waals surface area (Å²) in [6, 6.07) is 4.95. The maximum absolute atomic E-state index is 12.2. The number of hydrogen-bond donors (Lipinski definition) is 1. The Morgan fingerprint density at radius 1 is 1.35 bits per heavy atom. The molecule has 108 valence electrons. The number of methoxy groups -OCH3 is 1. The molecule has 1 heterocycles. The van der Waals surface area contributed by atoms with Crippen LogP contribution in [0, 0.1) is 12.8 Å². The first-order valence-electron chi connectivity index (χ1n) is 6.69. The van der Waals surface area contributed by atoms with E-state index in [9.17, 15) is 9.59 Å². The first-order valence-corrected chi connectivity index (χ1v) is 6.69. The Morgan fingerprint density at radius 2 is 2.05 bits per heavy atom. The van der Waals surface area contributed by atoms with Crippen LogP contribution >= 0.6 is 0 Å². The molecule has 1 aromatic rings. The Hall–Kier alpha value is -2.04. The van der Waals surface area contributed by atoms with Crippen LogP contribution in [0.2, 0.25) is 0 Å². The monoisotopic (exact) mass is 276 g/mol. The Labute approximate surface area is 118 Å². The Balaban J connectivity index is 2.24. The number of imide groups is 1. The van der Waals surface area contributed by atoms with Gasteiger partial charge in [-0.25, -0.2) is 4.79 Å². The number of nitrogens with zero attached hydrogens (tertiary/aromatic N) is 1. The summed E-state index contributed by atoms with van der Waals surface area (Å²) < 4.78 is 5.29. The molecule has 1 aliphatic rings. The van der Waals surface area contributed by atoms with E-state index in [1.165, 1.54) is 4.90 Å². The predicted octanol–water partition coefficient (Wildman–Crippen LogP) is 2.08. The Kier molecular flexibility index (Phi) is 3.97. The molecule has 1 aromatic carbocycles. The highest BCUT2D eigenvalue weighted by molar-refractivity contribution is 6.04. The maximum atomic E-state index is 12.2. The lowest BCUT2D eigenvalue weighted by molar-refractivity contribution is -0.128. The first kappa shape index (κ1) is 14.4. The van der Waals surface area contributed by atoms with Gasteiger partial charge in [0.05, 0.1) is 13.7 Å². The van der Waals surface area contributed by atoms with Gasteiger partial charge in [-0.15, -0.1) is 0 Å². The van der Waals surface area contributed by atoms with Gasteiger partial charge >= 0.3 is 6.03 Å². The van der Waals surface area contributed by atoms with E-state index in [1.54, 1.807) is 7.11 Å². The number of urea groups is 1. The number of rotatable bonds is 4. The van der Waals surface area contributed by atoms with Crippen LogP contribution in [0.5, 0.6) is 5.75 Å². The summed E-state index contributed by atoms with van der Waals surface area (Å²) in [5.74, 6) is 0.591. The van der Waals surface area contributed by atoms with Crippen LogP contribution in [0.1, 0.15) is 25.0 Å². The van der Waals surface area contributed by atoms with Crippen molar-refractivity contribution < 1.29 is 14.3 Å². The molecule has 1 unspecified atom stereocenters. The third-order valence-corrected chi connectivity index (χ3v) is 3.49. The van der Waals surface area contributed by atoms with E-state index in [2.05, 4.69) is 5.32 Å². The zero-order valence-electron chi connectivity index (χ0n) is 12.3. The van der Waals surface area contributed by atoms with E-state index in [4.69, 9.17) is 4.74 Å². The lowest BCUT2D eigenvalue weighted by Crippen LogP contribution is -2.34. The van der Waals surface area contributed by atoms with Crippen LogP contribution in [-0.4, -0.2) is 30.0 Å². The number of carbonyl (C=O) groups is 2. The molecule has 3 amide bonds. The summed E-state index contributed by atoms with van der Waals surface area (Å²) in [6.45, 7) is 6.03. The molecule has 1 aliphatic heterocycles. The van der Waals surface area contributed by atoms with Crippen LogP contribution in [0.15, 0.2) is 18.2 Å². The molecule has 5 heteroatoms. The van der Waals surface area contributed by atoms with Crippen molar-refractivity contribution in [2.45, 2.75) is 33.4 Å². The van der Waals surface area contributed by atoms with Gasteiger partial charge in [-0.1, -0.05) is 31.5 Å². The van der Waals surface area contributed by atoms with Gasteiger partial charge in [-0.05, 0) is 18.9 Å². The summed E-state index contributed by atoms with van der Waals surface area (Å²) in [7, 11) is 1.58. The maximum Gasteiger partial charge on any atom is 0.325 e. The zero-order valence-corrected chi connectivity index (χ0v) is 12.3. The van der Waals surface area contributed by atoms with Crippen LogP contribution in [0.3, 0.4) is 0 Å². The Morgan fingerprint density at radius 3 is 2.60 bits per heavy atom. The van der Waals surface area contributed by atoms with Crippen LogP contribution in [0.4, 0.5) is 4.79 Å². The molecule has 1 atom stereocenters. The average molecular weight is 276 g/mol. The van der Waals surface area contributed by atoms with E-state index in [0.717, 1.165) is 11.1 Å². The molecular weight excluding hydrogens is 256 g/mol. The lowest BCUT2D eigenvalue weighted by atomic mass is 10.0. The largest absolute Gasteiger partial charge is 0.496 e. The third kappa shape index (κ3) is 2.61. The molecule has 0 bridgehead atoms. The fourth-order valence-electron chi connectivity index (χ4n) is 2.34. The Bertz CT molecular complexity index is 540. The summed E-state index contributed by atoms with van der Waals surface area (Å²) >= 11 is 0. The SMILES string of the molecule is COc1ccc(C)cc1CN1C(=O)NC(C(C)C)C1=O. The summed E-state index contributed by atoms with van der Waals surface area (Å²) in [5.41, 5.74) is 1.90. The van der Waals surface area contributed by atoms with Crippen molar-refractivity contribution in [3.05, 3.63) is 29.3 Å². The summed E-state index contributed by atoms with van der Waals surface area (Å²) in [4.78, 5) is 25.4. The van der Waals surface area contributed by atoms with Crippen molar-refractivity contribution in [2.24, 2.45) is 5.92 Å². The molecule has 1 N–H and O–H groups in total. The molecule has 1 saturated heterocycles. The van der Waals surface area contributed by atoms with Gasteiger partial charge in [0.25, 0.3) is 5.91 Å². The molecule has 20 heavy (non-hydrogen) atoms. The van der Waals surface area contributed by atoms with E-state index >= 15 is 0 Å². The second-order valence-electron chi connectivity index (χ2n) is 5.41. The molecule has 0 aliphatic carbocycles. The first-order chi connectivity index (χ1) is 9.43. The van der Waals surface area contributed by atoms with Gasteiger partial charge < -0.3 is 10.1 Å². The van der Waals surface area contributed by atoms with E-state index in [1.807, 2.05) is 39.0 Å². The van der Waals surface area contributed by atoms with Gasteiger partial charge in [0.1, 0.15) is 11.8 Å². The molecule has 0 aromatic heterocycles. The summed E-state index contributed by atoms with van der Waals surface area (Å²) in [6.07, 6.45) is 0. The minimum absolute atomic E-state index is 0.0795. The number of aryl methyl sites for hydroxylation is 1. The highest BCUT2D eigenvalue weighted by Gasteiger charge is 2.39. The van der Waals surface area contributed by atoms with Crippen molar-refractivity contribution >= 4 is 11.9 Å². The molecular formula is C15H20N2O3. The van der Waals surface area contributed by atoms with E-state index in [-0.39, 0.29) is 24.4 Å². The molecule has 5 nitrogen and oxygen atoms in total. The second kappa shape index (κ2) is 5.53. The number of nitrogens with one attached hydrogen (secondary N) is 1. The van der Waals surface area contributed by atoms with Crippen molar-refractivity contribution in [3.63, 3.8) is 0 Å². The molecule has 0 radical (unpaired) electrons. The number of benzene rings is 1. The highest BCUT2D eigenvalue weighted by Crippen LogP contribution is 2.24. The van der Waals surface area contributed by atoms with Gasteiger partial charge in [0, 0.05) is 5.56 Å². The highest BCUT2D eigenvalue weighted by atomic mass is 16.5. The number of ether oxygens (including phenoxy) is 1. The average Bonchev–Trinajstić information content (AvgIpc) is 2.67. The van der Waals surface area contributed by atoms with Crippen molar-refractivity contribution in [3.8, 4) is 5.75 Å². The third-order valence-electron chi connectivity index (χ3n) is 3.49. The normalized spacial score (nSPS) is 18.6. The van der Waals surface area contributed by atoms with E-state index in [0.29, 0.717) is 5.75 Å². The van der Waals surface area contributed by atoms with Crippen molar-refractivity contribution in [1.82, 2.24) is 10.2 Å². The number of carbonyl (C=O) groups excluding carboxylic acids is 2. The molecule has 2 rings (SSSR count). The number of amides is 3. The fraction of sp³-hybridized carbons (Fsp3) is 0.467. The molecule has 0 spiro atoms. The van der Waals surface area contributed by atoms with Crippen molar-refractivity contribution in [2.75, 3.05) is 7.11 Å². The standard InChI is InChI=1S/C15H20N2O3/c1-9(2)13-14(18)17(15(19)16-13)8-11-7-10(3)5-6-12(11)20-4/h5-7,9,13H,8H2,1-4H3,(H,16,19). The number of hydrogen-bond acceptors (Lipinski definition) is 3. The smallest absolute Gasteiger partial charge is 0.325 e. The van der Waals surface area contributed by atoms with Crippen molar-refractivity contribution in [1.29, 1.82) is 0 Å². The zero-order chi connectivity index (χ0) is 14.9. The minimum Gasteiger partial charge on any atom is -0.496 e. The fourth-order valence-corrected chi connectivity index (χ4v) is 2.34. The van der Waals surface area contributed by atoms with Gasteiger partial charge in [-0.3, -0.25) is 9.69 Å². The van der Waals surface area contributed by atoms with Crippen LogP contribution < -0.4 is 10.1 Å². The second-order valence-corrected chi connectivity index (χ2v) is 5.41.